The first kappa shape index (κ1) is 14.8. The third-order valence-corrected chi connectivity index (χ3v) is 3.87. The molecule has 0 aromatic carbocycles. The third kappa shape index (κ3) is 3.47. The van der Waals surface area contributed by atoms with E-state index in [0.29, 0.717) is 19.5 Å². The predicted octanol–water partition coefficient (Wildman–Crippen LogP) is 0.934. The number of carbonyl (C=O) groups is 2. The van der Waals surface area contributed by atoms with E-state index in [-0.39, 0.29) is 24.4 Å². The van der Waals surface area contributed by atoms with Crippen molar-refractivity contribution < 1.29 is 14.7 Å². The molecule has 1 aromatic rings. The molecule has 7 heteroatoms. The number of hydrogen-bond acceptors (Lipinski definition) is 3. The lowest BCUT2D eigenvalue weighted by atomic mass is 10.1. The molecule has 0 bridgehead atoms. The zero-order valence-corrected chi connectivity index (χ0v) is 12.4. The highest BCUT2D eigenvalue weighted by atomic mass is 79.9. The number of pyridine rings is 1. The Bertz CT molecular complexity index is 584. The minimum absolute atomic E-state index is 0.111. The zero-order valence-electron chi connectivity index (χ0n) is 10.8. The van der Waals surface area contributed by atoms with Crippen molar-refractivity contribution in [3.05, 3.63) is 33.2 Å². The molecule has 2 heterocycles. The number of aliphatic carboxylic acids is 1. The number of carbonyl (C=O) groups excluding carboxylic acids is 1. The minimum Gasteiger partial charge on any atom is -0.481 e. The number of aryl methyl sites for hydroxylation is 1. The summed E-state index contributed by atoms with van der Waals surface area (Å²) in [6.07, 6.45) is 2.33. The van der Waals surface area contributed by atoms with Crippen LogP contribution in [0.2, 0.25) is 0 Å². The van der Waals surface area contributed by atoms with Gasteiger partial charge < -0.3 is 14.6 Å². The summed E-state index contributed by atoms with van der Waals surface area (Å²) in [6, 6.07) is 3.09. The average molecular weight is 343 g/mol. The number of aromatic nitrogens is 1. The molecule has 1 fully saturated rings. The van der Waals surface area contributed by atoms with Gasteiger partial charge in [0.25, 0.3) is 5.56 Å². The predicted molar refractivity (Wildman–Crippen MR) is 75.3 cm³/mol. The summed E-state index contributed by atoms with van der Waals surface area (Å²) in [7, 11) is 0. The van der Waals surface area contributed by atoms with Gasteiger partial charge in [-0.25, -0.2) is 0 Å². The van der Waals surface area contributed by atoms with Crippen LogP contribution in [0.4, 0.5) is 0 Å². The van der Waals surface area contributed by atoms with E-state index in [1.807, 2.05) is 0 Å². The Hall–Kier alpha value is -1.63. The molecule has 1 saturated heterocycles. The molecular formula is C13H15BrN2O4. The first-order valence-electron chi connectivity index (χ1n) is 6.34. The number of likely N-dealkylation sites (tertiary alicyclic amines) is 1. The highest BCUT2D eigenvalue weighted by Crippen LogP contribution is 2.17. The number of amides is 1. The summed E-state index contributed by atoms with van der Waals surface area (Å²) in [4.78, 5) is 36.0. The maximum Gasteiger partial charge on any atom is 0.308 e. The lowest BCUT2D eigenvalue weighted by Crippen LogP contribution is -2.31. The molecule has 20 heavy (non-hydrogen) atoms. The Balaban J connectivity index is 1.91. The van der Waals surface area contributed by atoms with E-state index in [0.717, 1.165) is 4.47 Å². The van der Waals surface area contributed by atoms with Crippen LogP contribution in [0, 0.1) is 5.92 Å². The van der Waals surface area contributed by atoms with Gasteiger partial charge in [0.1, 0.15) is 0 Å². The minimum atomic E-state index is -0.858. The van der Waals surface area contributed by atoms with Gasteiger partial charge in [0.2, 0.25) is 5.91 Å². The second-order valence-corrected chi connectivity index (χ2v) is 5.71. The third-order valence-electron chi connectivity index (χ3n) is 3.40. The Morgan fingerprint density at radius 3 is 2.80 bits per heavy atom. The van der Waals surface area contributed by atoms with E-state index in [9.17, 15) is 14.4 Å². The van der Waals surface area contributed by atoms with Crippen molar-refractivity contribution in [1.82, 2.24) is 9.47 Å². The number of carboxylic acid groups (broad SMARTS) is 1. The maximum atomic E-state index is 12.0. The van der Waals surface area contributed by atoms with Crippen LogP contribution in [0.3, 0.4) is 0 Å². The Morgan fingerprint density at radius 1 is 1.40 bits per heavy atom. The van der Waals surface area contributed by atoms with Crippen LogP contribution >= 0.6 is 15.9 Å². The molecule has 1 N–H and O–H groups in total. The van der Waals surface area contributed by atoms with Gasteiger partial charge in [-0.05, 0) is 28.4 Å². The van der Waals surface area contributed by atoms with Gasteiger partial charge in [0.05, 0.1) is 5.92 Å². The van der Waals surface area contributed by atoms with Crippen molar-refractivity contribution in [2.45, 2.75) is 19.4 Å². The van der Waals surface area contributed by atoms with Crippen molar-refractivity contribution in [2.75, 3.05) is 13.1 Å². The molecule has 1 aromatic heterocycles. The van der Waals surface area contributed by atoms with Crippen molar-refractivity contribution >= 4 is 27.8 Å². The summed E-state index contributed by atoms with van der Waals surface area (Å²) in [5.74, 6) is -1.43. The van der Waals surface area contributed by atoms with Crippen LogP contribution < -0.4 is 5.56 Å². The molecule has 0 aliphatic carbocycles. The number of nitrogens with zero attached hydrogens (tertiary/aromatic N) is 2. The quantitative estimate of drug-likeness (QED) is 0.882. The molecule has 0 radical (unpaired) electrons. The fourth-order valence-electron chi connectivity index (χ4n) is 2.24. The van der Waals surface area contributed by atoms with Crippen molar-refractivity contribution in [2.24, 2.45) is 5.92 Å². The SMILES string of the molecule is O=C(O)C1CCN(C(=O)CCn2cc(Br)ccc2=O)C1. The second-order valence-electron chi connectivity index (χ2n) is 4.79. The van der Waals surface area contributed by atoms with Gasteiger partial charge in [0.15, 0.2) is 0 Å². The van der Waals surface area contributed by atoms with E-state index in [1.54, 1.807) is 17.2 Å². The standard InChI is InChI=1S/C13H15BrN2O4/c14-10-1-2-11(17)16(8-10)6-4-12(18)15-5-3-9(7-15)13(19)20/h1-2,8-9H,3-7H2,(H,19,20). The molecule has 0 spiro atoms. The second kappa shape index (κ2) is 6.21. The number of carboxylic acids is 1. The van der Waals surface area contributed by atoms with Gasteiger partial charge in [0, 0.05) is 42.8 Å². The molecule has 108 valence electrons. The van der Waals surface area contributed by atoms with Crippen molar-refractivity contribution in [3.8, 4) is 0 Å². The first-order chi connectivity index (χ1) is 9.47. The van der Waals surface area contributed by atoms with Gasteiger partial charge in [-0.2, -0.15) is 0 Å². The number of halogens is 1. The Kier molecular flexibility index (Phi) is 4.59. The van der Waals surface area contributed by atoms with E-state index >= 15 is 0 Å². The van der Waals surface area contributed by atoms with Crippen LogP contribution in [0.15, 0.2) is 27.6 Å². The highest BCUT2D eigenvalue weighted by Gasteiger charge is 2.30. The monoisotopic (exact) mass is 342 g/mol. The fraction of sp³-hybridized carbons (Fsp3) is 0.462. The van der Waals surface area contributed by atoms with E-state index in [4.69, 9.17) is 5.11 Å². The molecule has 1 amide bonds. The fourth-order valence-corrected chi connectivity index (χ4v) is 2.62. The topological polar surface area (TPSA) is 79.6 Å². The molecule has 1 atom stereocenters. The van der Waals surface area contributed by atoms with Crippen molar-refractivity contribution in [3.63, 3.8) is 0 Å². The molecule has 6 nitrogen and oxygen atoms in total. The zero-order chi connectivity index (χ0) is 14.7. The summed E-state index contributed by atoms with van der Waals surface area (Å²) in [6.45, 7) is 1.04. The Morgan fingerprint density at radius 2 is 2.15 bits per heavy atom. The molecule has 2 rings (SSSR count). The lowest BCUT2D eigenvalue weighted by Gasteiger charge is -2.16. The highest BCUT2D eigenvalue weighted by molar-refractivity contribution is 9.10. The summed E-state index contributed by atoms with van der Waals surface area (Å²) < 4.78 is 2.24. The van der Waals surface area contributed by atoms with Gasteiger partial charge in [-0.3, -0.25) is 14.4 Å². The van der Waals surface area contributed by atoms with Gasteiger partial charge >= 0.3 is 5.97 Å². The van der Waals surface area contributed by atoms with Crippen molar-refractivity contribution in [1.29, 1.82) is 0 Å². The van der Waals surface area contributed by atoms with Gasteiger partial charge in [-0.15, -0.1) is 0 Å². The summed E-state index contributed by atoms with van der Waals surface area (Å²) in [5, 5.41) is 8.90. The normalized spacial score (nSPS) is 18.2. The molecule has 0 saturated carbocycles. The van der Waals surface area contributed by atoms with Crippen LogP contribution in [0.25, 0.3) is 0 Å². The first-order valence-corrected chi connectivity index (χ1v) is 7.13. The average Bonchev–Trinajstić information content (AvgIpc) is 2.89. The van der Waals surface area contributed by atoms with E-state index < -0.39 is 11.9 Å². The van der Waals surface area contributed by atoms with Crippen LogP contribution in [-0.4, -0.2) is 39.5 Å². The smallest absolute Gasteiger partial charge is 0.308 e. The van der Waals surface area contributed by atoms with Gasteiger partial charge in [-0.1, -0.05) is 0 Å². The number of hydrogen-bond donors (Lipinski definition) is 1. The van der Waals surface area contributed by atoms with Crippen LogP contribution in [0.1, 0.15) is 12.8 Å². The van der Waals surface area contributed by atoms with E-state index in [2.05, 4.69) is 15.9 Å². The van der Waals surface area contributed by atoms with Crippen LogP contribution in [0.5, 0.6) is 0 Å². The van der Waals surface area contributed by atoms with E-state index in [1.165, 1.54) is 10.6 Å². The maximum absolute atomic E-state index is 12.0. The molecular weight excluding hydrogens is 328 g/mol. The molecule has 1 aliphatic rings. The molecule has 1 unspecified atom stereocenters. The summed E-state index contributed by atoms with van der Waals surface area (Å²) in [5.41, 5.74) is -0.161. The number of rotatable bonds is 4. The molecule has 1 aliphatic heterocycles. The Labute approximate surface area is 124 Å². The summed E-state index contributed by atoms with van der Waals surface area (Å²) >= 11 is 3.27. The largest absolute Gasteiger partial charge is 0.481 e. The van der Waals surface area contributed by atoms with Crippen LogP contribution in [-0.2, 0) is 16.1 Å². The lowest BCUT2D eigenvalue weighted by molar-refractivity contribution is -0.141.